The lowest BCUT2D eigenvalue weighted by Crippen LogP contribution is -2.33. The van der Waals surface area contributed by atoms with Crippen molar-refractivity contribution in [1.29, 1.82) is 0 Å². The SMILES string of the molecule is O=C1Nc2ccccc2CCC1Nc1ccccc1Br. The Hall–Kier alpha value is -1.81. The first-order valence-corrected chi connectivity index (χ1v) is 7.43. The summed E-state index contributed by atoms with van der Waals surface area (Å²) in [5.74, 6) is 0.0192. The molecular formula is C16H15BrN2O. The maximum atomic E-state index is 12.3. The van der Waals surface area contributed by atoms with Crippen molar-refractivity contribution in [2.24, 2.45) is 0 Å². The largest absolute Gasteiger partial charge is 0.373 e. The Morgan fingerprint density at radius 3 is 2.70 bits per heavy atom. The van der Waals surface area contributed by atoms with Gasteiger partial charge in [-0.3, -0.25) is 4.79 Å². The number of hydrogen-bond donors (Lipinski definition) is 2. The van der Waals surface area contributed by atoms with Gasteiger partial charge in [-0.05, 0) is 52.5 Å². The third-order valence-electron chi connectivity index (χ3n) is 3.50. The number of nitrogens with one attached hydrogen (secondary N) is 2. The molecule has 3 rings (SSSR count). The first-order valence-electron chi connectivity index (χ1n) is 6.64. The number of halogens is 1. The van der Waals surface area contributed by atoms with Gasteiger partial charge in [0.25, 0.3) is 0 Å². The molecule has 2 aromatic rings. The van der Waals surface area contributed by atoms with Gasteiger partial charge in [0.15, 0.2) is 0 Å². The molecule has 0 radical (unpaired) electrons. The second-order valence-corrected chi connectivity index (χ2v) is 5.72. The summed E-state index contributed by atoms with van der Waals surface area (Å²) in [7, 11) is 0. The summed E-state index contributed by atoms with van der Waals surface area (Å²) < 4.78 is 0.967. The highest BCUT2D eigenvalue weighted by Gasteiger charge is 2.23. The van der Waals surface area contributed by atoms with Crippen molar-refractivity contribution < 1.29 is 4.79 Å². The zero-order valence-corrected chi connectivity index (χ0v) is 12.5. The summed E-state index contributed by atoms with van der Waals surface area (Å²) >= 11 is 3.50. The monoisotopic (exact) mass is 330 g/mol. The number of hydrogen-bond acceptors (Lipinski definition) is 2. The maximum Gasteiger partial charge on any atom is 0.246 e. The second kappa shape index (κ2) is 5.67. The van der Waals surface area contributed by atoms with Crippen LogP contribution >= 0.6 is 15.9 Å². The van der Waals surface area contributed by atoms with Crippen LogP contribution in [0.25, 0.3) is 0 Å². The Bertz CT molecular complexity index is 642. The van der Waals surface area contributed by atoms with E-state index < -0.39 is 0 Å². The first kappa shape index (κ1) is 13.2. The van der Waals surface area contributed by atoms with Crippen LogP contribution < -0.4 is 10.6 Å². The molecule has 1 unspecified atom stereocenters. The van der Waals surface area contributed by atoms with Gasteiger partial charge >= 0.3 is 0 Å². The van der Waals surface area contributed by atoms with Crippen molar-refractivity contribution in [3.8, 4) is 0 Å². The number of aryl methyl sites for hydroxylation is 1. The normalized spacial score (nSPS) is 17.9. The molecule has 0 bridgehead atoms. The minimum Gasteiger partial charge on any atom is -0.373 e. The van der Waals surface area contributed by atoms with Crippen molar-refractivity contribution in [3.05, 3.63) is 58.6 Å². The number of anilines is 2. The van der Waals surface area contributed by atoms with E-state index in [0.29, 0.717) is 0 Å². The summed E-state index contributed by atoms with van der Waals surface area (Å²) in [6.07, 6.45) is 1.67. The molecule has 1 amide bonds. The third-order valence-corrected chi connectivity index (χ3v) is 4.19. The summed E-state index contributed by atoms with van der Waals surface area (Å²) in [4.78, 5) is 12.3. The van der Waals surface area contributed by atoms with Gasteiger partial charge in [0, 0.05) is 15.8 Å². The highest BCUT2D eigenvalue weighted by atomic mass is 79.9. The quantitative estimate of drug-likeness (QED) is 0.878. The summed E-state index contributed by atoms with van der Waals surface area (Å²) in [6, 6.07) is 15.6. The molecule has 2 N–H and O–H groups in total. The van der Waals surface area contributed by atoms with E-state index in [1.807, 2.05) is 42.5 Å². The molecule has 0 aromatic heterocycles. The van der Waals surface area contributed by atoms with Crippen LogP contribution in [0.1, 0.15) is 12.0 Å². The lowest BCUT2D eigenvalue weighted by atomic mass is 10.1. The Morgan fingerprint density at radius 1 is 1.10 bits per heavy atom. The lowest BCUT2D eigenvalue weighted by Gasteiger charge is -2.17. The van der Waals surface area contributed by atoms with Gasteiger partial charge < -0.3 is 10.6 Å². The Labute approximate surface area is 126 Å². The molecule has 1 aliphatic heterocycles. The average Bonchev–Trinajstić information content (AvgIpc) is 2.61. The predicted octanol–water partition coefficient (Wildman–Crippen LogP) is 3.81. The summed E-state index contributed by atoms with van der Waals surface area (Å²) in [6.45, 7) is 0. The molecule has 1 aliphatic rings. The van der Waals surface area contributed by atoms with E-state index in [4.69, 9.17) is 0 Å². The van der Waals surface area contributed by atoms with Crippen molar-refractivity contribution >= 4 is 33.2 Å². The number of carbonyl (C=O) groups is 1. The number of fused-ring (bicyclic) bond motifs is 1. The van der Waals surface area contributed by atoms with E-state index in [-0.39, 0.29) is 11.9 Å². The van der Waals surface area contributed by atoms with Crippen molar-refractivity contribution in [2.45, 2.75) is 18.9 Å². The summed E-state index contributed by atoms with van der Waals surface area (Å²) in [5.41, 5.74) is 3.06. The Morgan fingerprint density at radius 2 is 1.85 bits per heavy atom. The second-order valence-electron chi connectivity index (χ2n) is 4.86. The van der Waals surface area contributed by atoms with Gasteiger partial charge in [0.05, 0.1) is 0 Å². The molecule has 0 saturated heterocycles. The summed E-state index contributed by atoms with van der Waals surface area (Å²) in [5, 5.41) is 6.31. The first-order chi connectivity index (χ1) is 9.74. The van der Waals surface area contributed by atoms with Crippen molar-refractivity contribution in [3.63, 3.8) is 0 Å². The van der Waals surface area contributed by atoms with Crippen molar-refractivity contribution in [2.75, 3.05) is 10.6 Å². The lowest BCUT2D eigenvalue weighted by molar-refractivity contribution is -0.116. The number of rotatable bonds is 2. The fourth-order valence-electron chi connectivity index (χ4n) is 2.41. The molecule has 20 heavy (non-hydrogen) atoms. The zero-order valence-electron chi connectivity index (χ0n) is 10.9. The van der Waals surface area contributed by atoms with Gasteiger partial charge in [-0.1, -0.05) is 30.3 Å². The molecule has 0 saturated carbocycles. The molecule has 0 spiro atoms. The maximum absolute atomic E-state index is 12.3. The molecular weight excluding hydrogens is 316 g/mol. The fraction of sp³-hybridized carbons (Fsp3) is 0.188. The van der Waals surface area contributed by atoms with Crippen LogP contribution in [0, 0.1) is 0 Å². The molecule has 1 heterocycles. The minimum atomic E-state index is -0.221. The number of carbonyl (C=O) groups excluding carboxylic acids is 1. The van der Waals surface area contributed by atoms with E-state index in [1.54, 1.807) is 0 Å². The van der Waals surface area contributed by atoms with Crippen LogP contribution in [-0.2, 0) is 11.2 Å². The van der Waals surface area contributed by atoms with E-state index in [1.165, 1.54) is 5.56 Å². The van der Waals surface area contributed by atoms with E-state index >= 15 is 0 Å². The number of para-hydroxylation sites is 2. The molecule has 3 nitrogen and oxygen atoms in total. The van der Waals surface area contributed by atoms with E-state index in [2.05, 4.69) is 32.6 Å². The molecule has 0 aliphatic carbocycles. The molecule has 4 heteroatoms. The highest BCUT2D eigenvalue weighted by Crippen LogP contribution is 2.26. The van der Waals surface area contributed by atoms with Gasteiger partial charge in [-0.15, -0.1) is 0 Å². The molecule has 0 fully saturated rings. The van der Waals surface area contributed by atoms with Crippen LogP contribution in [-0.4, -0.2) is 11.9 Å². The zero-order chi connectivity index (χ0) is 13.9. The van der Waals surface area contributed by atoms with Gasteiger partial charge in [-0.25, -0.2) is 0 Å². The minimum absolute atomic E-state index is 0.0192. The number of amides is 1. The van der Waals surface area contributed by atoms with Gasteiger partial charge in [-0.2, -0.15) is 0 Å². The van der Waals surface area contributed by atoms with Gasteiger partial charge in [0.1, 0.15) is 6.04 Å². The standard InChI is InChI=1S/C16H15BrN2O/c17-12-6-2-4-8-14(12)18-15-10-9-11-5-1-3-7-13(11)19-16(15)20/h1-8,15,18H,9-10H2,(H,19,20). The topological polar surface area (TPSA) is 41.1 Å². The molecule has 1 atom stereocenters. The molecule has 2 aromatic carbocycles. The van der Waals surface area contributed by atoms with E-state index in [9.17, 15) is 4.79 Å². The number of benzene rings is 2. The van der Waals surface area contributed by atoms with Crippen molar-refractivity contribution in [1.82, 2.24) is 0 Å². The van der Waals surface area contributed by atoms with Crippen LogP contribution in [0.4, 0.5) is 11.4 Å². The average molecular weight is 331 g/mol. The van der Waals surface area contributed by atoms with Gasteiger partial charge in [0.2, 0.25) is 5.91 Å². The van der Waals surface area contributed by atoms with Crippen LogP contribution in [0.2, 0.25) is 0 Å². The highest BCUT2D eigenvalue weighted by molar-refractivity contribution is 9.10. The third kappa shape index (κ3) is 2.70. The Balaban J connectivity index is 1.80. The Kier molecular flexibility index (Phi) is 3.74. The smallest absolute Gasteiger partial charge is 0.246 e. The fourth-order valence-corrected chi connectivity index (χ4v) is 2.81. The van der Waals surface area contributed by atoms with Crippen LogP contribution in [0.5, 0.6) is 0 Å². The van der Waals surface area contributed by atoms with Crippen LogP contribution in [0.15, 0.2) is 53.0 Å². The molecule has 102 valence electrons. The van der Waals surface area contributed by atoms with E-state index in [0.717, 1.165) is 28.7 Å². The predicted molar refractivity (Wildman–Crippen MR) is 84.9 cm³/mol. The van der Waals surface area contributed by atoms with Crippen LogP contribution in [0.3, 0.4) is 0 Å².